The zero-order valence-electron chi connectivity index (χ0n) is 13.6. The molecule has 2 bridgehead atoms. The Morgan fingerprint density at radius 1 is 1.21 bits per heavy atom. The quantitative estimate of drug-likeness (QED) is 0.778. The summed E-state index contributed by atoms with van der Waals surface area (Å²) in [5, 5.41) is 0. The Morgan fingerprint density at radius 2 is 1.79 bits per heavy atom. The van der Waals surface area contributed by atoms with Crippen LogP contribution in [0.15, 0.2) is 30.3 Å². The van der Waals surface area contributed by atoms with E-state index in [1.807, 2.05) is 0 Å². The molecule has 24 heavy (non-hydrogen) atoms. The number of ether oxygens (including phenoxy) is 1. The van der Waals surface area contributed by atoms with Gasteiger partial charge in [-0.05, 0) is 38.3 Å². The highest BCUT2D eigenvalue weighted by atomic mass is 19.4. The maximum absolute atomic E-state index is 12.9. The number of hydrogen-bond acceptors (Lipinski definition) is 3. The highest BCUT2D eigenvalue weighted by Crippen LogP contribution is 2.37. The molecule has 132 valence electrons. The second-order valence-corrected chi connectivity index (χ2v) is 6.86. The van der Waals surface area contributed by atoms with Crippen molar-refractivity contribution in [3.05, 3.63) is 35.9 Å². The number of piperidine rings is 1. The molecule has 3 nitrogen and oxygen atoms in total. The molecule has 2 heterocycles. The van der Waals surface area contributed by atoms with E-state index in [1.54, 1.807) is 30.3 Å². The lowest BCUT2D eigenvalue weighted by Gasteiger charge is -2.36. The first-order valence-electron chi connectivity index (χ1n) is 8.37. The van der Waals surface area contributed by atoms with E-state index in [4.69, 9.17) is 4.74 Å². The van der Waals surface area contributed by atoms with E-state index < -0.39 is 24.5 Å². The second-order valence-electron chi connectivity index (χ2n) is 6.86. The summed E-state index contributed by atoms with van der Waals surface area (Å²) in [6.07, 6.45) is -2.30. The topological polar surface area (TPSA) is 29.5 Å². The maximum atomic E-state index is 12.9. The molecule has 2 saturated heterocycles. The standard InChI is InChI=1S/C18H22F3NO2/c1-22-13-7-8-14(22)10-15(9-13)24-17(23)16(11-18(19,20)21)12-5-3-2-4-6-12/h2-6,13-16H,7-11H2,1H3/t13?,14?,15?,16-/m0/s1. The highest BCUT2D eigenvalue weighted by molar-refractivity contribution is 5.78. The summed E-state index contributed by atoms with van der Waals surface area (Å²) in [4.78, 5) is 14.8. The van der Waals surface area contributed by atoms with Gasteiger partial charge in [-0.3, -0.25) is 4.79 Å². The summed E-state index contributed by atoms with van der Waals surface area (Å²) < 4.78 is 44.2. The first-order valence-corrected chi connectivity index (χ1v) is 8.37. The van der Waals surface area contributed by atoms with E-state index in [2.05, 4.69) is 11.9 Å². The molecular weight excluding hydrogens is 319 g/mol. The molecule has 2 unspecified atom stereocenters. The molecule has 6 heteroatoms. The molecule has 1 aromatic rings. The van der Waals surface area contributed by atoms with Crippen molar-refractivity contribution in [1.82, 2.24) is 4.90 Å². The minimum absolute atomic E-state index is 0.273. The Morgan fingerprint density at radius 3 is 2.33 bits per heavy atom. The molecule has 2 fully saturated rings. The Labute approximate surface area is 139 Å². The zero-order valence-corrected chi connectivity index (χ0v) is 13.6. The van der Waals surface area contributed by atoms with Crippen LogP contribution in [0.1, 0.15) is 43.6 Å². The number of fused-ring (bicyclic) bond motifs is 2. The van der Waals surface area contributed by atoms with Gasteiger partial charge in [-0.1, -0.05) is 30.3 Å². The predicted molar refractivity (Wildman–Crippen MR) is 83.5 cm³/mol. The van der Waals surface area contributed by atoms with Crippen molar-refractivity contribution < 1.29 is 22.7 Å². The number of hydrogen-bond donors (Lipinski definition) is 0. The van der Waals surface area contributed by atoms with E-state index in [1.165, 1.54) is 0 Å². The predicted octanol–water partition coefficient (Wildman–Crippen LogP) is 3.89. The molecule has 3 atom stereocenters. The molecule has 0 amide bonds. The Balaban J connectivity index is 1.70. The Kier molecular flexibility index (Phi) is 4.85. The summed E-state index contributed by atoms with van der Waals surface area (Å²) in [5.74, 6) is -2.05. The van der Waals surface area contributed by atoms with E-state index >= 15 is 0 Å². The molecule has 0 saturated carbocycles. The lowest BCUT2D eigenvalue weighted by molar-refractivity contribution is -0.167. The van der Waals surface area contributed by atoms with Crippen LogP contribution in [0.2, 0.25) is 0 Å². The fraction of sp³-hybridized carbons (Fsp3) is 0.611. The first-order chi connectivity index (χ1) is 11.3. The molecule has 0 aliphatic carbocycles. The van der Waals surface area contributed by atoms with Gasteiger partial charge in [0.1, 0.15) is 6.10 Å². The number of halogens is 3. The average molecular weight is 341 g/mol. The van der Waals surface area contributed by atoms with Gasteiger partial charge in [0.2, 0.25) is 0 Å². The molecule has 0 aromatic heterocycles. The molecule has 3 rings (SSSR count). The van der Waals surface area contributed by atoms with Crippen molar-refractivity contribution in [3.63, 3.8) is 0 Å². The smallest absolute Gasteiger partial charge is 0.390 e. The number of esters is 1. The van der Waals surface area contributed by atoms with Gasteiger partial charge in [0.15, 0.2) is 0 Å². The molecule has 2 aliphatic heterocycles. The number of carbonyl (C=O) groups excluding carboxylic acids is 1. The third-order valence-corrected chi connectivity index (χ3v) is 5.26. The molecule has 0 spiro atoms. The normalized spacial score (nSPS) is 28.6. The lowest BCUT2D eigenvalue weighted by atomic mass is 9.95. The van der Waals surface area contributed by atoms with Crippen LogP contribution in [0.5, 0.6) is 0 Å². The molecule has 2 aliphatic rings. The number of carbonyl (C=O) groups is 1. The van der Waals surface area contributed by atoms with Crippen molar-refractivity contribution in [2.75, 3.05) is 7.05 Å². The minimum Gasteiger partial charge on any atom is -0.462 e. The number of nitrogens with zero attached hydrogens (tertiary/aromatic N) is 1. The summed E-state index contributed by atoms with van der Waals surface area (Å²) in [7, 11) is 2.07. The van der Waals surface area contributed by atoms with Crippen LogP contribution in [0.25, 0.3) is 0 Å². The van der Waals surface area contributed by atoms with Crippen LogP contribution in [-0.4, -0.2) is 42.3 Å². The van der Waals surface area contributed by atoms with Gasteiger partial charge in [-0.2, -0.15) is 13.2 Å². The number of benzene rings is 1. The number of alkyl halides is 3. The van der Waals surface area contributed by atoms with Crippen LogP contribution in [-0.2, 0) is 9.53 Å². The summed E-state index contributed by atoms with van der Waals surface area (Å²) in [6, 6.07) is 8.85. The van der Waals surface area contributed by atoms with E-state index in [9.17, 15) is 18.0 Å². The van der Waals surface area contributed by atoms with Crippen molar-refractivity contribution in [1.29, 1.82) is 0 Å². The van der Waals surface area contributed by atoms with Crippen LogP contribution in [0.3, 0.4) is 0 Å². The van der Waals surface area contributed by atoms with Crippen LogP contribution < -0.4 is 0 Å². The third kappa shape index (κ3) is 3.91. The van der Waals surface area contributed by atoms with Crippen molar-refractivity contribution in [3.8, 4) is 0 Å². The van der Waals surface area contributed by atoms with Gasteiger partial charge in [0.05, 0.1) is 12.3 Å². The van der Waals surface area contributed by atoms with Crippen molar-refractivity contribution >= 4 is 5.97 Å². The fourth-order valence-corrected chi connectivity index (χ4v) is 3.96. The van der Waals surface area contributed by atoms with Crippen LogP contribution in [0.4, 0.5) is 13.2 Å². The van der Waals surface area contributed by atoms with Gasteiger partial charge < -0.3 is 9.64 Å². The van der Waals surface area contributed by atoms with Crippen molar-refractivity contribution in [2.24, 2.45) is 0 Å². The van der Waals surface area contributed by atoms with Gasteiger partial charge in [0.25, 0.3) is 0 Å². The van der Waals surface area contributed by atoms with Gasteiger partial charge in [-0.15, -0.1) is 0 Å². The first kappa shape index (κ1) is 17.3. The number of rotatable bonds is 4. The van der Waals surface area contributed by atoms with Gasteiger partial charge in [0, 0.05) is 12.1 Å². The summed E-state index contributed by atoms with van der Waals surface area (Å²) in [5.41, 5.74) is 0.357. The Hall–Kier alpha value is -1.56. The van der Waals surface area contributed by atoms with E-state index in [-0.39, 0.29) is 6.10 Å². The maximum Gasteiger partial charge on any atom is 0.390 e. The highest BCUT2D eigenvalue weighted by Gasteiger charge is 2.42. The SMILES string of the molecule is CN1C2CCC1CC(OC(=O)[C@@H](CC(F)(F)F)c1ccccc1)C2. The summed E-state index contributed by atoms with van der Waals surface area (Å²) >= 11 is 0. The molecule has 0 N–H and O–H groups in total. The largest absolute Gasteiger partial charge is 0.462 e. The molecule has 1 aromatic carbocycles. The van der Waals surface area contributed by atoms with Crippen LogP contribution in [0, 0.1) is 0 Å². The lowest BCUT2D eigenvalue weighted by Crippen LogP contribution is -2.43. The molecule has 0 radical (unpaired) electrons. The van der Waals surface area contributed by atoms with Crippen LogP contribution >= 0.6 is 0 Å². The third-order valence-electron chi connectivity index (χ3n) is 5.26. The van der Waals surface area contributed by atoms with E-state index in [0.29, 0.717) is 30.5 Å². The average Bonchev–Trinajstić information content (AvgIpc) is 2.74. The monoisotopic (exact) mass is 341 g/mol. The fourth-order valence-electron chi connectivity index (χ4n) is 3.96. The Bertz CT molecular complexity index is 561. The van der Waals surface area contributed by atoms with E-state index in [0.717, 1.165) is 12.8 Å². The van der Waals surface area contributed by atoms with Crippen molar-refractivity contribution in [2.45, 2.75) is 62.4 Å². The van der Waals surface area contributed by atoms with Gasteiger partial charge in [-0.25, -0.2) is 0 Å². The summed E-state index contributed by atoms with van der Waals surface area (Å²) in [6.45, 7) is 0. The molecular formula is C18H22F3NO2. The minimum atomic E-state index is -4.41. The zero-order chi connectivity index (χ0) is 17.3. The van der Waals surface area contributed by atoms with Gasteiger partial charge >= 0.3 is 12.1 Å². The second kappa shape index (κ2) is 6.75.